The molecule has 1 rings (SSSR count). The predicted molar refractivity (Wildman–Crippen MR) is 64.9 cm³/mol. The van der Waals surface area contributed by atoms with Crippen LogP contribution in [-0.2, 0) is 14.4 Å². The summed E-state index contributed by atoms with van der Waals surface area (Å²) in [5.74, 6) is -1.10. The Morgan fingerprint density at radius 3 is 2.72 bits per heavy atom. The molecular formula is C12H20N2O4. The van der Waals surface area contributed by atoms with Gasteiger partial charge in [-0.1, -0.05) is 0 Å². The average Bonchev–Trinajstić information content (AvgIpc) is 2.34. The minimum Gasteiger partial charge on any atom is -0.481 e. The maximum Gasteiger partial charge on any atom is 0.303 e. The van der Waals surface area contributed by atoms with Crippen LogP contribution in [0, 0.1) is 5.92 Å². The number of carbonyl (C=O) groups is 3. The van der Waals surface area contributed by atoms with Crippen LogP contribution in [0.5, 0.6) is 0 Å². The number of carboxylic acids is 1. The van der Waals surface area contributed by atoms with Crippen molar-refractivity contribution in [3.63, 3.8) is 0 Å². The summed E-state index contributed by atoms with van der Waals surface area (Å²) in [4.78, 5) is 35.0. The molecule has 18 heavy (non-hydrogen) atoms. The van der Waals surface area contributed by atoms with Crippen LogP contribution in [0.15, 0.2) is 0 Å². The molecule has 0 bridgehead atoms. The summed E-state index contributed by atoms with van der Waals surface area (Å²) in [5, 5.41) is 11.2. The van der Waals surface area contributed by atoms with Gasteiger partial charge in [0.05, 0.1) is 5.92 Å². The van der Waals surface area contributed by atoms with Gasteiger partial charge in [-0.2, -0.15) is 0 Å². The standard InChI is InChI=1S/C12H20N2O4/c1-9(15)14-7-3-4-10(8-14)12(18)13-6-2-5-11(16)17/h10H,2-8H2,1H3,(H,13,18)(H,16,17). The molecule has 0 aromatic heterocycles. The molecule has 2 amide bonds. The monoisotopic (exact) mass is 256 g/mol. The summed E-state index contributed by atoms with van der Waals surface area (Å²) in [6.07, 6.45) is 2.12. The van der Waals surface area contributed by atoms with E-state index in [9.17, 15) is 14.4 Å². The average molecular weight is 256 g/mol. The molecule has 0 spiro atoms. The molecule has 6 nitrogen and oxygen atoms in total. The summed E-state index contributed by atoms with van der Waals surface area (Å²) < 4.78 is 0. The molecule has 1 fully saturated rings. The van der Waals surface area contributed by atoms with Crippen molar-refractivity contribution in [3.8, 4) is 0 Å². The highest BCUT2D eigenvalue weighted by Crippen LogP contribution is 2.16. The van der Waals surface area contributed by atoms with Crippen molar-refractivity contribution in [3.05, 3.63) is 0 Å². The molecule has 1 saturated heterocycles. The quantitative estimate of drug-likeness (QED) is 0.689. The summed E-state index contributed by atoms with van der Waals surface area (Å²) in [7, 11) is 0. The second-order valence-electron chi connectivity index (χ2n) is 4.59. The zero-order valence-corrected chi connectivity index (χ0v) is 10.6. The first-order valence-electron chi connectivity index (χ1n) is 6.25. The molecule has 1 unspecified atom stereocenters. The molecule has 0 aromatic carbocycles. The fourth-order valence-corrected chi connectivity index (χ4v) is 2.07. The molecule has 1 heterocycles. The van der Waals surface area contributed by atoms with E-state index in [0.29, 0.717) is 19.5 Å². The second-order valence-corrected chi connectivity index (χ2v) is 4.59. The second kappa shape index (κ2) is 6.98. The molecule has 1 aliphatic rings. The van der Waals surface area contributed by atoms with Crippen LogP contribution < -0.4 is 5.32 Å². The molecular weight excluding hydrogens is 236 g/mol. The molecule has 1 aliphatic heterocycles. The molecule has 0 saturated carbocycles. The van der Waals surface area contributed by atoms with E-state index in [-0.39, 0.29) is 24.2 Å². The van der Waals surface area contributed by atoms with Crippen molar-refractivity contribution in [1.29, 1.82) is 0 Å². The third-order valence-electron chi connectivity index (χ3n) is 3.10. The number of aliphatic carboxylic acids is 1. The molecule has 0 aromatic rings. The van der Waals surface area contributed by atoms with Gasteiger partial charge >= 0.3 is 5.97 Å². The number of carboxylic acid groups (broad SMARTS) is 1. The number of nitrogens with one attached hydrogen (secondary N) is 1. The highest BCUT2D eigenvalue weighted by molar-refractivity contribution is 5.80. The Labute approximate surface area is 106 Å². The van der Waals surface area contributed by atoms with Crippen LogP contribution in [0.2, 0.25) is 0 Å². The van der Waals surface area contributed by atoms with Crippen molar-refractivity contribution < 1.29 is 19.5 Å². The lowest BCUT2D eigenvalue weighted by molar-refractivity contribution is -0.138. The third kappa shape index (κ3) is 4.73. The summed E-state index contributed by atoms with van der Waals surface area (Å²) in [6.45, 7) is 3.08. The van der Waals surface area contributed by atoms with E-state index >= 15 is 0 Å². The van der Waals surface area contributed by atoms with Gasteiger partial charge in [-0.3, -0.25) is 14.4 Å². The van der Waals surface area contributed by atoms with Crippen LogP contribution in [0.1, 0.15) is 32.6 Å². The maximum atomic E-state index is 11.8. The van der Waals surface area contributed by atoms with Gasteiger partial charge in [-0.25, -0.2) is 0 Å². The van der Waals surface area contributed by atoms with Gasteiger partial charge in [-0.05, 0) is 19.3 Å². The Balaban J connectivity index is 2.28. The fourth-order valence-electron chi connectivity index (χ4n) is 2.07. The Bertz CT molecular complexity index is 330. The van der Waals surface area contributed by atoms with Gasteiger partial charge in [0.1, 0.15) is 0 Å². The highest BCUT2D eigenvalue weighted by Gasteiger charge is 2.26. The first kappa shape index (κ1) is 14.5. The number of hydrogen-bond donors (Lipinski definition) is 2. The van der Waals surface area contributed by atoms with Crippen molar-refractivity contribution in [1.82, 2.24) is 10.2 Å². The maximum absolute atomic E-state index is 11.8. The number of nitrogens with zero attached hydrogens (tertiary/aromatic N) is 1. The van der Waals surface area contributed by atoms with Gasteiger partial charge in [0, 0.05) is 33.0 Å². The number of rotatable bonds is 5. The zero-order valence-electron chi connectivity index (χ0n) is 10.6. The molecule has 6 heteroatoms. The van der Waals surface area contributed by atoms with Crippen molar-refractivity contribution in [2.24, 2.45) is 5.92 Å². The van der Waals surface area contributed by atoms with Crippen LogP contribution in [0.4, 0.5) is 0 Å². The predicted octanol–water partition coefficient (Wildman–Crippen LogP) is 0.226. The van der Waals surface area contributed by atoms with E-state index in [1.54, 1.807) is 4.90 Å². The SMILES string of the molecule is CC(=O)N1CCCC(C(=O)NCCCC(=O)O)C1. The molecule has 0 radical (unpaired) electrons. The topological polar surface area (TPSA) is 86.7 Å². The van der Waals surface area contributed by atoms with Gasteiger partial charge in [0.25, 0.3) is 0 Å². The summed E-state index contributed by atoms with van der Waals surface area (Å²) in [6, 6.07) is 0. The minimum absolute atomic E-state index is 0.00150. The normalized spacial score (nSPS) is 19.4. The van der Waals surface area contributed by atoms with Crippen LogP contribution >= 0.6 is 0 Å². The molecule has 2 N–H and O–H groups in total. The lowest BCUT2D eigenvalue weighted by atomic mass is 9.97. The van der Waals surface area contributed by atoms with E-state index in [0.717, 1.165) is 19.4 Å². The Morgan fingerprint density at radius 2 is 2.11 bits per heavy atom. The van der Waals surface area contributed by atoms with E-state index in [4.69, 9.17) is 5.11 Å². The van der Waals surface area contributed by atoms with Gasteiger partial charge in [0.15, 0.2) is 0 Å². The summed E-state index contributed by atoms with van der Waals surface area (Å²) >= 11 is 0. The van der Waals surface area contributed by atoms with E-state index in [1.165, 1.54) is 6.92 Å². The van der Waals surface area contributed by atoms with Crippen LogP contribution in [-0.4, -0.2) is 47.4 Å². The number of piperidine rings is 1. The number of carbonyl (C=O) groups excluding carboxylic acids is 2. The first-order valence-corrected chi connectivity index (χ1v) is 6.25. The van der Waals surface area contributed by atoms with E-state index < -0.39 is 5.97 Å². The Hall–Kier alpha value is -1.59. The molecule has 1 atom stereocenters. The fraction of sp³-hybridized carbons (Fsp3) is 0.750. The molecule has 102 valence electrons. The number of likely N-dealkylation sites (tertiary alicyclic amines) is 1. The lowest BCUT2D eigenvalue weighted by Crippen LogP contribution is -2.44. The zero-order chi connectivity index (χ0) is 13.5. The highest BCUT2D eigenvalue weighted by atomic mass is 16.4. The first-order chi connectivity index (χ1) is 8.50. The summed E-state index contributed by atoms with van der Waals surface area (Å²) in [5.41, 5.74) is 0. The van der Waals surface area contributed by atoms with Crippen molar-refractivity contribution in [2.75, 3.05) is 19.6 Å². The third-order valence-corrected chi connectivity index (χ3v) is 3.10. The van der Waals surface area contributed by atoms with Gasteiger partial charge < -0.3 is 15.3 Å². The Kier molecular flexibility index (Phi) is 5.61. The van der Waals surface area contributed by atoms with Crippen LogP contribution in [0.25, 0.3) is 0 Å². The largest absolute Gasteiger partial charge is 0.481 e. The number of hydrogen-bond acceptors (Lipinski definition) is 3. The van der Waals surface area contributed by atoms with Crippen LogP contribution in [0.3, 0.4) is 0 Å². The smallest absolute Gasteiger partial charge is 0.303 e. The van der Waals surface area contributed by atoms with Crippen molar-refractivity contribution in [2.45, 2.75) is 32.6 Å². The van der Waals surface area contributed by atoms with Crippen molar-refractivity contribution >= 4 is 17.8 Å². The van der Waals surface area contributed by atoms with E-state index in [1.807, 2.05) is 0 Å². The molecule has 0 aliphatic carbocycles. The van der Waals surface area contributed by atoms with Gasteiger partial charge in [-0.15, -0.1) is 0 Å². The van der Waals surface area contributed by atoms with Gasteiger partial charge in [0.2, 0.25) is 11.8 Å². The lowest BCUT2D eigenvalue weighted by Gasteiger charge is -2.31. The Morgan fingerprint density at radius 1 is 1.39 bits per heavy atom. The van der Waals surface area contributed by atoms with E-state index in [2.05, 4.69) is 5.32 Å². The number of amides is 2. The minimum atomic E-state index is -0.857.